The molecule has 0 saturated heterocycles. The van der Waals surface area contributed by atoms with Gasteiger partial charge in [0.2, 0.25) is 0 Å². The Labute approximate surface area is 95.4 Å². The van der Waals surface area contributed by atoms with Gasteiger partial charge in [-0.25, -0.2) is 0 Å². The van der Waals surface area contributed by atoms with Crippen LogP contribution in [0.1, 0.15) is 17.5 Å². The van der Waals surface area contributed by atoms with Gasteiger partial charge in [-0.3, -0.25) is 4.79 Å². The Morgan fingerprint density at radius 1 is 1.41 bits per heavy atom. The molecule has 0 aliphatic heterocycles. The second-order valence-electron chi connectivity index (χ2n) is 3.34. The summed E-state index contributed by atoms with van der Waals surface area (Å²) < 4.78 is 37.2. The van der Waals surface area contributed by atoms with Gasteiger partial charge in [0, 0.05) is 5.69 Å². The Balaban J connectivity index is 2.99. The second kappa shape index (κ2) is 4.90. The zero-order valence-corrected chi connectivity index (χ0v) is 8.66. The van der Waals surface area contributed by atoms with Crippen molar-refractivity contribution in [2.24, 2.45) is 0 Å². The number of aliphatic carboxylic acids is 1. The SMILES string of the molecule is Nc1ccc(C(F)(F)F)cc1C=CCC(=O)O. The molecule has 3 nitrogen and oxygen atoms in total. The number of hydrogen-bond donors (Lipinski definition) is 2. The molecule has 1 aromatic rings. The molecular formula is C11H10F3NO2. The number of halogens is 3. The Bertz CT molecular complexity index is 453. The minimum absolute atomic E-state index is 0.154. The number of carbonyl (C=O) groups is 1. The first-order valence-electron chi connectivity index (χ1n) is 4.66. The van der Waals surface area contributed by atoms with Crippen molar-refractivity contribution in [1.29, 1.82) is 0 Å². The predicted octanol–water partition coefficient (Wildman–Crippen LogP) is 2.78. The van der Waals surface area contributed by atoms with Gasteiger partial charge in [-0.1, -0.05) is 12.2 Å². The van der Waals surface area contributed by atoms with E-state index in [0.717, 1.165) is 18.2 Å². The van der Waals surface area contributed by atoms with E-state index in [9.17, 15) is 18.0 Å². The first-order chi connectivity index (χ1) is 7.80. The fourth-order valence-corrected chi connectivity index (χ4v) is 1.18. The molecular weight excluding hydrogens is 235 g/mol. The molecule has 1 aromatic carbocycles. The largest absolute Gasteiger partial charge is 0.481 e. The van der Waals surface area contributed by atoms with Gasteiger partial charge in [0.25, 0.3) is 0 Å². The van der Waals surface area contributed by atoms with Crippen LogP contribution in [0.4, 0.5) is 18.9 Å². The van der Waals surface area contributed by atoms with Gasteiger partial charge in [0.15, 0.2) is 0 Å². The van der Waals surface area contributed by atoms with Crippen LogP contribution in [0, 0.1) is 0 Å². The fourth-order valence-electron chi connectivity index (χ4n) is 1.18. The van der Waals surface area contributed by atoms with Crippen LogP contribution in [0.3, 0.4) is 0 Å². The standard InChI is InChI=1S/C11H10F3NO2/c12-11(13,14)8-4-5-9(15)7(6-8)2-1-3-10(16)17/h1-2,4-6H,3,15H2,(H,16,17). The van der Waals surface area contributed by atoms with Gasteiger partial charge in [-0.05, 0) is 23.8 Å². The molecule has 0 radical (unpaired) electrons. The summed E-state index contributed by atoms with van der Waals surface area (Å²) in [5.41, 5.74) is 4.99. The van der Waals surface area contributed by atoms with Crippen LogP contribution in [0.15, 0.2) is 24.3 Å². The molecule has 0 fully saturated rings. The topological polar surface area (TPSA) is 63.3 Å². The average molecular weight is 245 g/mol. The van der Waals surface area contributed by atoms with Gasteiger partial charge >= 0.3 is 12.1 Å². The predicted molar refractivity (Wildman–Crippen MR) is 57.1 cm³/mol. The molecule has 0 spiro atoms. The summed E-state index contributed by atoms with van der Waals surface area (Å²) in [5, 5.41) is 8.38. The van der Waals surface area contributed by atoms with Crippen molar-refractivity contribution in [3.05, 3.63) is 35.4 Å². The van der Waals surface area contributed by atoms with E-state index in [1.54, 1.807) is 0 Å². The summed E-state index contributed by atoms with van der Waals surface area (Å²) in [7, 11) is 0. The van der Waals surface area contributed by atoms with Gasteiger partial charge < -0.3 is 10.8 Å². The number of rotatable bonds is 3. The molecule has 1 rings (SSSR count). The molecule has 6 heteroatoms. The summed E-state index contributed by atoms with van der Waals surface area (Å²) in [6.07, 6.45) is -2.20. The van der Waals surface area contributed by atoms with Crippen LogP contribution in [0.5, 0.6) is 0 Å². The van der Waals surface area contributed by atoms with Gasteiger partial charge in [-0.15, -0.1) is 0 Å². The number of anilines is 1. The summed E-state index contributed by atoms with van der Waals surface area (Å²) in [4.78, 5) is 10.2. The van der Waals surface area contributed by atoms with Crippen molar-refractivity contribution in [2.75, 3.05) is 5.73 Å². The third-order valence-corrected chi connectivity index (χ3v) is 2.00. The normalized spacial score (nSPS) is 11.9. The maximum Gasteiger partial charge on any atom is 0.416 e. The highest BCUT2D eigenvalue weighted by Gasteiger charge is 2.30. The molecule has 0 aliphatic carbocycles. The van der Waals surface area contributed by atoms with E-state index in [2.05, 4.69) is 0 Å². The smallest absolute Gasteiger partial charge is 0.416 e. The van der Waals surface area contributed by atoms with E-state index in [4.69, 9.17) is 10.8 Å². The maximum absolute atomic E-state index is 12.4. The number of hydrogen-bond acceptors (Lipinski definition) is 2. The average Bonchev–Trinajstić information content (AvgIpc) is 2.18. The highest BCUT2D eigenvalue weighted by Crippen LogP contribution is 2.31. The number of benzene rings is 1. The molecule has 17 heavy (non-hydrogen) atoms. The Hall–Kier alpha value is -1.98. The molecule has 0 bridgehead atoms. The first kappa shape index (κ1) is 13.1. The lowest BCUT2D eigenvalue weighted by Gasteiger charge is -2.08. The van der Waals surface area contributed by atoms with Crippen molar-refractivity contribution in [3.8, 4) is 0 Å². The van der Waals surface area contributed by atoms with E-state index >= 15 is 0 Å². The monoisotopic (exact) mass is 245 g/mol. The van der Waals surface area contributed by atoms with Gasteiger partial charge in [0.1, 0.15) is 0 Å². The highest BCUT2D eigenvalue weighted by atomic mass is 19.4. The molecule has 0 atom stereocenters. The van der Waals surface area contributed by atoms with E-state index in [-0.39, 0.29) is 17.7 Å². The third kappa shape index (κ3) is 3.82. The zero-order chi connectivity index (χ0) is 13.1. The summed E-state index contributed by atoms with van der Waals surface area (Å²) >= 11 is 0. The summed E-state index contributed by atoms with van der Waals surface area (Å²) in [5.74, 6) is -1.06. The first-order valence-corrected chi connectivity index (χ1v) is 4.66. The van der Waals surface area contributed by atoms with Crippen LogP contribution in [0.25, 0.3) is 6.08 Å². The lowest BCUT2D eigenvalue weighted by atomic mass is 10.1. The minimum atomic E-state index is -4.44. The molecule has 0 aliphatic rings. The third-order valence-electron chi connectivity index (χ3n) is 2.00. The van der Waals surface area contributed by atoms with Gasteiger partial charge in [0.05, 0.1) is 12.0 Å². The lowest BCUT2D eigenvalue weighted by molar-refractivity contribution is -0.138. The van der Waals surface area contributed by atoms with Crippen LogP contribution in [-0.2, 0) is 11.0 Å². The van der Waals surface area contributed by atoms with E-state index in [1.807, 2.05) is 0 Å². The van der Waals surface area contributed by atoms with Crippen molar-refractivity contribution >= 4 is 17.7 Å². The number of carboxylic acids is 1. The molecule has 0 amide bonds. The summed E-state index contributed by atoms with van der Waals surface area (Å²) in [6, 6.07) is 2.90. The van der Waals surface area contributed by atoms with Crippen molar-refractivity contribution in [2.45, 2.75) is 12.6 Å². The molecule has 0 saturated carbocycles. The van der Waals surface area contributed by atoms with Crippen molar-refractivity contribution in [1.82, 2.24) is 0 Å². The Morgan fingerprint density at radius 3 is 2.59 bits per heavy atom. The minimum Gasteiger partial charge on any atom is -0.481 e. The fraction of sp³-hybridized carbons (Fsp3) is 0.182. The van der Waals surface area contributed by atoms with Crippen molar-refractivity contribution < 1.29 is 23.1 Å². The molecule has 0 aromatic heterocycles. The van der Waals surface area contributed by atoms with E-state index in [1.165, 1.54) is 12.2 Å². The second-order valence-corrected chi connectivity index (χ2v) is 3.34. The molecule has 3 N–H and O–H groups in total. The van der Waals surface area contributed by atoms with Gasteiger partial charge in [-0.2, -0.15) is 13.2 Å². The van der Waals surface area contributed by atoms with Crippen LogP contribution in [-0.4, -0.2) is 11.1 Å². The maximum atomic E-state index is 12.4. The summed E-state index contributed by atoms with van der Waals surface area (Å²) in [6.45, 7) is 0. The zero-order valence-electron chi connectivity index (χ0n) is 8.66. The number of nitrogen functional groups attached to an aromatic ring is 1. The number of carboxylic acid groups (broad SMARTS) is 1. The van der Waals surface area contributed by atoms with Crippen LogP contribution in [0.2, 0.25) is 0 Å². The van der Waals surface area contributed by atoms with Crippen molar-refractivity contribution in [3.63, 3.8) is 0 Å². The highest BCUT2D eigenvalue weighted by molar-refractivity contribution is 5.72. The Kier molecular flexibility index (Phi) is 3.77. The van der Waals surface area contributed by atoms with Crippen LogP contribution >= 0.6 is 0 Å². The number of alkyl halides is 3. The molecule has 92 valence electrons. The van der Waals surface area contributed by atoms with Crippen LogP contribution < -0.4 is 5.73 Å². The Morgan fingerprint density at radius 2 is 2.06 bits per heavy atom. The molecule has 0 unspecified atom stereocenters. The molecule has 0 heterocycles. The van der Waals surface area contributed by atoms with E-state index in [0.29, 0.717) is 0 Å². The number of nitrogens with two attached hydrogens (primary N) is 1. The van der Waals surface area contributed by atoms with E-state index < -0.39 is 17.7 Å². The lowest BCUT2D eigenvalue weighted by Crippen LogP contribution is -2.05. The quantitative estimate of drug-likeness (QED) is 0.805.